The van der Waals surface area contributed by atoms with Gasteiger partial charge in [-0.15, -0.1) is 5.10 Å². The van der Waals surface area contributed by atoms with Crippen LogP contribution in [0.5, 0.6) is 5.75 Å². The highest BCUT2D eigenvalue weighted by atomic mass is 35.5. The minimum atomic E-state index is -0.198. The Labute approximate surface area is 150 Å². The highest BCUT2D eigenvalue weighted by molar-refractivity contribution is 6.31. The number of nitrogens with zero attached hydrogens (tertiary/aromatic N) is 3. The molecule has 1 aromatic heterocycles. The molecule has 0 atom stereocenters. The van der Waals surface area contributed by atoms with Gasteiger partial charge in [0.2, 0.25) is 0 Å². The molecule has 0 saturated heterocycles. The molecule has 1 amide bonds. The van der Waals surface area contributed by atoms with Crippen LogP contribution in [0.25, 0.3) is 0 Å². The first-order chi connectivity index (χ1) is 12.2. The number of hydrogen-bond donors (Lipinski definition) is 1. The van der Waals surface area contributed by atoms with E-state index in [9.17, 15) is 4.79 Å². The third kappa shape index (κ3) is 4.46. The van der Waals surface area contributed by atoms with E-state index in [1.165, 1.54) is 6.20 Å². The van der Waals surface area contributed by atoms with Crippen molar-refractivity contribution in [3.05, 3.63) is 52.8 Å². The molecular formula is C18H17ClN4O2. The van der Waals surface area contributed by atoms with E-state index in [1.807, 2.05) is 6.07 Å². The first-order valence-electron chi connectivity index (χ1n) is 8.10. The van der Waals surface area contributed by atoms with E-state index in [0.717, 1.165) is 25.7 Å². The number of benzene rings is 1. The van der Waals surface area contributed by atoms with Crippen molar-refractivity contribution in [1.29, 1.82) is 5.26 Å². The number of hydrogen-bond acceptors (Lipinski definition) is 5. The van der Waals surface area contributed by atoms with E-state index in [2.05, 4.69) is 15.5 Å². The Balaban J connectivity index is 1.50. The van der Waals surface area contributed by atoms with Gasteiger partial charge in [0.25, 0.3) is 5.91 Å². The number of rotatable bonds is 4. The zero-order valence-corrected chi connectivity index (χ0v) is 14.2. The molecule has 1 fully saturated rings. The summed E-state index contributed by atoms with van der Waals surface area (Å²) >= 11 is 6.02. The second-order valence-electron chi connectivity index (χ2n) is 5.93. The Morgan fingerprint density at radius 1 is 1.28 bits per heavy atom. The molecule has 0 radical (unpaired) electrons. The molecule has 7 heteroatoms. The van der Waals surface area contributed by atoms with Crippen molar-refractivity contribution in [3.8, 4) is 11.8 Å². The predicted molar refractivity (Wildman–Crippen MR) is 92.3 cm³/mol. The van der Waals surface area contributed by atoms with Gasteiger partial charge in [0.1, 0.15) is 11.8 Å². The maximum atomic E-state index is 12.1. The number of halogens is 1. The molecule has 1 heterocycles. The van der Waals surface area contributed by atoms with Crippen LogP contribution in [-0.2, 0) is 0 Å². The fourth-order valence-corrected chi connectivity index (χ4v) is 3.07. The molecule has 3 rings (SSSR count). The second kappa shape index (κ2) is 7.95. The van der Waals surface area contributed by atoms with Crippen LogP contribution in [0.4, 0.5) is 0 Å². The Morgan fingerprint density at radius 3 is 2.72 bits per heavy atom. The lowest BCUT2D eigenvalue weighted by molar-refractivity contribution is 0.0888. The zero-order chi connectivity index (χ0) is 17.6. The average molecular weight is 357 g/mol. The molecule has 1 saturated carbocycles. The summed E-state index contributed by atoms with van der Waals surface area (Å²) in [4.78, 5) is 12.1. The van der Waals surface area contributed by atoms with Gasteiger partial charge in [0.15, 0.2) is 5.69 Å². The number of carbonyl (C=O) groups is 1. The third-order valence-electron chi connectivity index (χ3n) is 4.18. The van der Waals surface area contributed by atoms with Gasteiger partial charge in [0, 0.05) is 18.3 Å². The molecule has 0 aliphatic heterocycles. The summed E-state index contributed by atoms with van der Waals surface area (Å²) in [5.41, 5.74) is 0.762. The molecular weight excluding hydrogens is 340 g/mol. The van der Waals surface area contributed by atoms with Crippen LogP contribution in [0.15, 0.2) is 36.5 Å². The van der Waals surface area contributed by atoms with Gasteiger partial charge in [-0.25, -0.2) is 0 Å². The molecule has 0 spiro atoms. The van der Waals surface area contributed by atoms with Crippen LogP contribution in [-0.4, -0.2) is 28.3 Å². The summed E-state index contributed by atoms with van der Waals surface area (Å²) in [6, 6.07) is 10.6. The van der Waals surface area contributed by atoms with Crippen LogP contribution in [0.2, 0.25) is 5.02 Å². The van der Waals surface area contributed by atoms with Gasteiger partial charge in [-0.2, -0.15) is 10.4 Å². The second-order valence-corrected chi connectivity index (χ2v) is 6.33. The van der Waals surface area contributed by atoms with Crippen molar-refractivity contribution in [2.45, 2.75) is 37.8 Å². The third-order valence-corrected chi connectivity index (χ3v) is 4.49. The van der Waals surface area contributed by atoms with E-state index in [0.29, 0.717) is 22.0 Å². The van der Waals surface area contributed by atoms with Gasteiger partial charge >= 0.3 is 0 Å². The topological polar surface area (TPSA) is 87.9 Å². The first kappa shape index (κ1) is 17.2. The monoisotopic (exact) mass is 356 g/mol. The fourth-order valence-electron chi connectivity index (χ4n) is 2.86. The Morgan fingerprint density at radius 2 is 2.08 bits per heavy atom. The molecule has 1 aromatic carbocycles. The minimum absolute atomic E-state index is 0.0775. The Bertz CT molecular complexity index is 783. The lowest BCUT2D eigenvalue weighted by Gasteiger charge is -2.29. The molecule has 0 bridgehead atoms. The smallest absolute Gasteiger partial charge is 0.272 e. The van der Waals surface area contributed by atoms with E-state index in [-0.39, 0.29) is 18.1 Å². The number of nitrogens with one attached hydrogen (secondary N) is 1. The van der Waals surface area contributed by atoms with Crippen molar-refractivity contribution in [2.24, 2.45) is 0 Å². The normalized spacial score (nSPS) is 19.7. The minimum Gasteiger partial charge on any atom is -0.490 e. The van der Waals surface area contributed by atoms with E-state index < -0.39 is 0 Å². The first-order valence-corrected chi connectivity index (χ1v) is 8.48. The van der Waals surface area contributed by atoms with Crippen LogP contribution in [0, 0.1) is 11.3 Å². The van der Waals surface area contributed by atoms with Crippen LogP contribution >= 0.6 is 11.6 Å². The number of ether oxygens (including phenoxy) is 1. The Kier molecular flexibility index (Phi) is 5.46. The van der Waals surface area contributed by atoms with Gasteiger partial charge in [-0.3, -0.25) is 4.79 Å². The van der Waals surface area contributed by atoms with Crippen LogP contribution < -0.4 is 10.1 Å². The molecule has 0 unspecified atom stereocenters. The van der Waals surface area contributed by atoms with Crippen LogP contribution in [0.3, 0.4) is 0 Å². The maximum absolute atomic E-state index is 12.1. The zero-order valence-electron chi connectivity index (χ0n) is 13.5. The lowest BCUT2D eigenvalue weighted by Crippen LogP contribution is -2.40. The largest absolute Gasteiger partial charge is 0.490 e. The van der Waals surface area contributed by atoms with E-state index >= 15 is 0 Å². The SMILES string of the molecule is N#Cc1ccc(O[C@H]2CC[C@H](NC(=O)c3cccnn3)CC2)cc1Cl. The van der Waals surface area contributed by atoms with Crippen LogP contribution in [0.1, 0.15) is 41.7 Å². The molecule has 2 aromatic rings. The van der Waals surface area contributed by atoms with Crippen molar-refractivity contribution >= 4 is 17.5 Å². The van der Waals surface area contributed by atoms with Crippen molar-refractivity contribution in [3.63, 3.8) is 0 Å². The van der Waals surface area contributed by atoms with Gasteiger partial charge in [-0.1, -0.05) is 11.6 Å². The van der Waals surface area contributed by atoms with Crippen molar-refractivity contribution < 1.29 is 9.53 Å². The summed E-state index contributed by atoms with van der Waals surface area (Å²) in [6.07, 6.45) is 4.95. The molecule has 1 aliphatic rings. The summed E-state index contributed by atoms with van der Waals surface area (Å²) in [5.74, 6) is 0.465. The van der Waals surface area contributed by atoms with Crippen molar-refractivity contribution in [2.75, 3.05) is 0 Å². The summed E-state index contributed by atoms with van der Waals surface area (Å²) in [5, 5.41) is 19.8. The average Bonchev–Trinajstić information content (AvgIpc) is 2.64. The van der Waals surface area contributed by atoms with Gasteiger partial charge < -0.3 is 10.1 Å². The predicted octanol–water partition coefficient (Wildman–Crippen LogP) is 3.12. The lowest BCUT2D eigenvalue weighted by atomic mass is 9.93. The van der Waals surface area contributed by atoms with E-state index in [1.54, 1.807) is 30.3 Å². The molecule has 128 valence electrons. The highest BCUT2D eigenvalue weighted by Gasteiger charge is 2.24. The molecule has 1 aliphatic carbocycles. The summed E-state index contributed by atoms with van der Waals surface area (Å²) in [6.45, 7) is 0. The number of aromatic nitrogens is 2. The van der Waals surface area contributed by atoms with Gasteiger partial charge in [-0.05, 0) is 49.9 Å². The molecule has 1 N–H and O–H groups in total. The van der Waals surface area contributed by atoms with Gasteiger partial charge in [0.05, 0.1) is 16.7 Å². The van der Waals surface area contributed by atoms with Crippen molar-refractivity contribution in [1.82, 2.24) is 15.5 Å². The molecule has 25 heavy (non-hydrogen) atoms. The number of amides is 1. The standard InChI is InChI=1S/C18H17ClN4O2/c19-16-10-15(6-3-12(16)11-20)25-14-7-4-13(5-8-14)22-18(24)17-2-1-9-21-23-17/h1-3,6,9-10,13-14H,4-5,7-8H2,(H,22,24)/t13-,14-. The molecule has 6 nitrogen and oxygen atoms in total. The number of carbonyl (C=O) groups excluding carboxylic acids is 1. The number of nitriles is 1. The maximum Gasteiger partial charge on any atom is 0.272 e. The fraction of sp³-hybridized carbons (Fsp3) is 0.333. The Hall–Kier alpha value is -2.65. The summed E-state index contributed by atoms with van der Waals surface area (Å²) < 4.78 is 5.94. The quantitative estimate of drug-likeness (QED) is 0.909. The highest BCUT2D eigenvalue weighted by Crippen LogP contribution is 2.27. The summed E-state index contributed by atoms with van der Waals surface area (Å²) in [7, 11) is 0. The van der Waals surface area contributed by atoms with E-state index in [4.69, 9.17) is 21.6 Å².